The van der Waals surface area contributed by atoms with E-state index in [-0.39, 0.29) is 24.5 Å². The van der Waals surface area contributed by atoms with Crippen LogP contribution < -0.4 is 0 Å². The summed E-state index contributed by atoms with van der Waals surface area (Å²) in [6.45, 7) is 3.31. The van der Waals surface area contributed by atoms with Crippen LogP contribution in [0.1, 0.15) is 12.8 Å². The molecule has 0 atom stereocenters. The SMILES string of the molecule is C=CCOC(=O)O.O=C1CCC(=O)N1O. The second-order valence-corrected chi connectivity index (χ2v) is 2.46. The molecule has 1 saturated heterocycles. The lowest BCUT2D eigenvalue weighted by Crippen LogP contribution is -2.24. The Morgan fingerprint density at radius 1 is 1.47 bits per heavy atom. The van der Waals surface area contributed by atoms with E-state index in [0.29, 0.717) is 0 Å². The summed E-state index contributed by atoms with van der Waals surface area (Å²) in [5, 5.41) is 16.3. The predicted octanol–water partition coefficient (Wildman–Crippen LogP) is 0.392. The summed E-state index contributed by atoms with van der Waals surface area (Å²) in [4.78, 5) is 30.0. The molecule has 1 aliphatic rings. The fraction of sp³-hybridized carbons (Fsp3) is 0.375. The number of carbonyl (C=O) groups excluding carboxylic acids is 2. The van der Waals surface area contributed by atoms with Crippen LogP contribution >= 0.6 is 0 Å². The summed E-state index contributed by atoms with van der Waals surface area (Å²) in [7, 11) is 0. The van der Waals surface area contributed by atoms with E-state index >= 15 is 0 Å². The van der Waals surface area contributed by atoms with Gasteiger partial charge >= 0.3 is 6.16 Å². The zero-order valence-electron chi connectivity index (χ0n) is 7.88. The van der Waals surface area contributed by atoms with E-state index in [2.05, 4.69) is 11.3 Å². The third-order valence-corrected chi connectivity index (χ3v) is 1.35. The fourth-order valence-corrected chi connectivity index (χ4v) is 0.695. The summed E-state index contributed by atoms with van der Waals surface area (Å²) in [6, 6.07) is 0. The minimum Gasteiger partial charge on any atom is -0.450 e. The summed E-state index contributed by atoms with van der Waals surface area (Å²) in [6.07, 6.45) is 0.401. The molecule has 0 spiro atoms. The fourth-order valence-electron chi connectivity index (χ4n) is 0.695. The minimum absolute atomic E-state index is 0.0648. The van der Waals surface area contributed by atoms with Crippen molar-refractivity contribution in [3.05, 3.63) is 12.7 Å². The van der Waals surface area contributed by atoms with Crippen molar-refractivity contribution < 1.29 is 29.4 Å². The number of amides is 2. The molecule has 1 aliphatic heterocycles. The predicted molar refractivity (Wildman–Crippen MR) is 47.0 cm³/mol. The molecule has 0 radical (unpaired) electrons. The van der Waals surface area contributed by atoms with E-state index in [0.717, 1.165) is 0 Å². The van der Waals surface area contributed by atoms with Crippen LogP contribution in [0.3, 0.4) is 0 Å². The standard InChI is InChI=1S/C4H5NO3.C4H6O3/c6-3-1-2-4(7)5(3)8;1-2-3-7-4(5)6/h8H,1-2H2;2H,1,3H2,(H,5,6). The van der Waals surface area contributed by atoms with Gasteiger partial charge in [0.2, 0.25) is 0 Å². The molecule has 7 heteroatoms. The Hall–Kier alpha value is -1.89. The number of hydrogen-bond donors (Lipinski definition) is 2. The molecule has 1 fully saturated rings. The highest BCUT2D eigenvalue weighted by atomic mass is 16.7. The first-order valence-corrected chi connectivity index (χ1v) is 4.00. The van der Waals surface area contributed by atoms with Crippen LogP contribution in [0.5, 0.6) is 0 Å². The van der Waals surface area contributed by atoms with Gasteiger partial charge in [-0.05, 0) is 0 Å². The Labute approximate surface area is 85.5 Å². The van der Waals surface area contributed by atoms with E-state index in [9.17, 15) is 14.4 Å². The molecular weight excluding hydrogens is 206 g/mol. The van der Waals surface area contributed by atoms with Crippen LogP contribution in [-0.4, -0.2) is 40.0 Å². The molecule has 0 bridgehead atoms. The van der Waals surface area contributed by atoms with Gasteiger partial charge in [0.15, 0.2) is 0 Å². The smallest absolute Gasteiger partial charge is 0.450 e. The van der Waals surface area contributed by atoms with Crippen LogP contribution in [-0.2, 0) is 14.3 Å². The number of carboxylic acid groups (broad SMARTS) is 1. The van der Waals surface area contributed by atoms with Gasteiger partial charge in [-0.25, -0.2) is 4.79 Å². The highest BCUT2D eigenvalue weighted by molar-refractivity contribution is 6.00. The molecule has 0 aromatic heterocycles. The van der Waals surface area contributed by atoms with Gasteiger partial charge in [-0.1, -0.05) is 12.7 Å². The molecule has 15 heavy (non-hydrogen) atoms. The van der Waals surface area contributed by atoms with Gasteiger partial charge in [0.1, 0.15) is 6.61 Å². The maximum absolute atomic E-state index is 10.2. The first-order valence-electron chi connectivity index (χ1n) is 4.00. The molecule has 0 aromatic rings. The topological polar surface area (TPSA) is 104 Å². The van der Waals surface area contributed by atoms with Crippen LogP contribution in [0.15, 0.2) is 12.7 Å². The zero-order chi connectivity index (χ0) is 11.8. The van der Waals surface area contributed by atoms with Gasteiger partial charge < -0.3 is 9.84 Å². The van der Waals surface area contributed by atoms with Crippen LogP contribution in [0.4, 0.5) is 4.79 Å². The lowest BCUT2D eigenvalue weighted by molar-refractivity contribution is -0.171. The summed E-state index contributed by atoms with van der Waals surface area (Å²) in [5.74, 6) is -1.01. The quantitative estimate of drug-likeness (QED) is 0.300. The molecule has 2 N–H and O–H groups in total. The van der Waals surface area contributed by atoms with E-state index in [1.165, 1.54) is 6.08 Å². The van der Waals surface area contributed by atoms with Crippen molar-refractivity contribution in [1.82, 2.24) is 5.06 Å². The Bertz CT molecular complexity index is 258. The maximum atomic E-state index is 10.2. The van der Waals surface area contributed by atoms with Crippen molar-refractivity contribution in [2.24, 2.45) is 0 Å². The summed E-state index contributed by atoms with van der Waals surface area (Å²) < 4.78 is 3.99. The molecule has 1 rings (SSSR count). The average Bonchev–Trinajstić information content (AvgIpc) is 2.47. The number of imide groups is 1. The Balaban J connectivity index is 0.000000265. The molecule has 0 aliphatic carbocycles. The lowest BCUT2D eigenvalue weighted by Gasteiger charge is -1.98. The number of carbonyl (C=O) groups is 3. The van der Waals surface area contributed by atoms with Gasteiger partial charge in [-0.3, -0.25) is 14.8 Å². The minimum atomic E-state index is -1.26. The molecular formula is C8H11NO6. The third-order valence-electron chi connectivity index (χ3n) is 1.35. The van der Waals surface area contributed by atoms with E-state index < -0.39 is 18.0 Å². The molecule has 7 nitrogen and oxygen atoms in total. The molecule has 84 valence electrons. The first kappa shape index (κ1) is 13.1. The average molecular weight is 217 g/mol. The van der Waals surface area contributed by atoms with Crippen molar-refractivity contribution in [2.75, 3.05) is 6.61 Å². The highest BCUT2D eigenvalue weighted by Gasteiger charge is 2.26. The number of ether oxygens (including phenoxy) is 1. The second kappa shape index (κ2) is 6.55. The van der Waals surface area contributed by atoms with Gasteiger partial charge in [0, 0.05) is 12.8 Å². The van der Waals surface area contributed by atoms with Crippen molar-refractivity contribution in [2.45, 2.75) is 12.8 Å². The Morgan fingerprint density at radius 2 is 1.93 bits per heavy atom. The number of hydroxylamine groups is 2. The molecule has 0 saturated carbocycles. The number of rotatable bonds is 2. The van der Waals surface area contributed by atoms with Gasteiger partial charge in [-0.15, -0.1) is 0 Å². The summed E-state index contributed by atoms with van der Waals surface area (Å²) >= 11 is 0. The lowest BCUT2D eigenvalue weighted by atomic mass is 10.4. The van der Waals surface area contributed by atoms with Crippen LogP contribution in [0, 0.1) is 0 Å². The number of nitrogens with zero attached hydrogens (tertiary/aromatic N) is 1. The second-order valence-electron chi connectivity index (χ2n) is 2.46. The molecule has 2 amide bonds. The normalized spacial score (nSPS) is 14.3. The van der Waals surface area contributed by atoms with Gasteiger partial charge in [0.25, 0.3) is 11.8 Å². The third kappa shape index (κ3) is 5.42. The van der Waals surface area contributed by atoms with E-state index in [1.54, 1.807) is 0 Å². The van der Waals surface area contributed by atoms with Crippen molar-refractivity contribution in [1.29, 1.82) is 0 Å². The summed E-state index contributed by atoms with van der Waals surface area (Å²) in [5.41, 5.74) is 0. The zero-order valence-corrected chi connectivity index (χ0v) is 7.88. The first-order chi connectivity index (χ1) is 6.99. The molecule has 0 aromatic carbocycles. The highest BCUT2D eigenvalue weighted by Crippen LogP contribution is 2.06. The molecule has 1 heterocycles. The largest absolute Gasteiger partial charge is 0.506 e. The Morgan fingerprint density at radius 3 is 2.07 bits per heavy atom. The van der Waals surface area contributed by atoms with Gasteiger partial charge in [0.05, 0.1) is 0 Å². The van der Waals surface area contributed by atoms with Crippen LogP contribution in [0.2, 0.25) is 0 Å². The van der Waals surface area contributed by atoms with Crippen molar-refractivity contribution >= 4 is 18.0 Å². The number of hydrogen-bond acceptors (Lipinski definition) is 5. The monoisotopic (exact) mass is 217 g/mol. The Kier molecular flexibility index (Phi) is 5.72. The van der Waals surface area contributed by atoms with E-state index in [1.807, 2.05) is 0 Å². The van der Waals surface area contributed by atoms with Crippen molar-refractivity contribution in [3.8, 4) is 0 Å². The van der Waals surface area contributed by atoms with Gasteiger partial charge in [-0.2, -0.15) is 5.06 Å². The van der Waals surface area contributed by atoms with Crippen LogP contribution in [0.25, 0.3) is 0 Å². The van der Waals surface area contributed by atoms with Crippen molar-refractivity contribution in [3.63, 3.8) is 0 Å². The molecule has 0 unspecified atom stereocenters. The maximum Gasteiger partial charge on any atom is 0.506 e. The van der Waals surface area contributed by atoms with E-state index in [4.69, 9.17) is 10.3 Å².